The van der Waals surface area contributed by atoms with E-state index in [0.717, 1.165) is 4.80 Å². The van der Waals surface area contributed by atoms with Crippen molar-refractivity contribution < 1.29 is 0 Å². The zero-order valence-corrected chi connectivity index (χ0v) is 20.0. The van der Waals surface area contributed by atoms with E-state index in [0.29, 0.717) is 0 Å². The fourth-order valence-electron chi connectivity index (χ4n) is 3.51. The van der Waals surface area contributed by atoms with Gasteiger partial charge in [-0.2, -0.15) is 0 Å². The van der Waals surface area contributed by atoms with E-state index in [2.05, 4.69) is 137 Å². The van der Waals surface area contributed by atoms with Crippen molar-refractivity contribution in [3.8, 4) is 0 Å². The molecule has 0 atom stereocenters. The summed E-state index contributed by atoms with van der Waals surface area (Å²) in [5.74, 6) is 0. The Bertz CT molecular complexity index is 1240. The maximum absolute atomic E-state index is 5.39. The van der Waals surface area contributed by atoms with E-state index in [1.165, 1.54) is 21.2 Å². The van der Waals surface area contributed by atoms with Gasteiger partial charge < -0.3 is 0 Å². The van der Waals surface area contributed by atoms with Crippen LogP contribution in [0.4, 0.5) is 0 Å². The van der Waals surface area contributed by atoms with Crippen LogP contribution in [0.3, 0.4) is 0 Å². The van der Waals surface area contributed by atoms with Crippen molar-refractivity contribution in [2.45, 2.75) is 0 Å². The van der Waals surface area contributed by atoms with E-state index >= 15 is 0 Å². The van der Waals surface area contributed by atoms with Gasteiger partial charge >= 0.3 is 0 Å². The highest BCUT2D eigenvalue weighted by Gasteiger charge is 2.19. The number of rotatable bonds is 6. The average molecular weight is 469 g/mol. The molecule has 0 aliphatic rings. The van der Waals surface area contributed by atoms with E-state index in [9.17, 15) is 0 Å². The van der Waals surface area contributed by atoms with Crippen molar-refractivity contribution in [1.82, 2.24) is 4.34 Å². The van der Waals surface area contributed by atoms with Crippen molar-refractivity contribution in [3.05, 3.63) is 138 Å². The minimum absolute atomic E-state index is 0.754. The lowest BCUT2D eigenvalue weighted by atomic mass is 10.4. The Morgan fingerprint density at radius 3 is 1.38 bits per heavy atom. The second-order valence-electron chi connectivity index (χ2n) is 7.10. The first-order valence-corrected chi connectivity index (χ1v) is 13.9. The van der Waals surface area contributed by atoms with E-state index in [1.54, 1.807) is 11.3 Å². The summed E-state index contributed by atoms with van der Waals surface area (Å²) in [6.45, 7) is 0. The van der Waals surface area contributed by atoms with Gasteiger partial charge in [0.05, 0.1) is 16.1 Å². The Labute approximate surface area is 195 Å². The molecule has 0 saturated carbocycles. The molecule has 0 radical (unpaired) electrons. The summed E-state index contributed by atoms with van der Waals surface area (Å²) in [7, 11) is -1.61. The highest BCUT2D eigenvalue weighted by Crippen LogP contribution is 2.37. The fourth-order valence-corrected chi connectivity index (χ4v) is 8.79. The predicted molar refractivity (Wildman–Crippen MR) is 141 cm³/mol. The molecule has 5 heteroatoms. The lowest BCUT2D eigenvalue weighted by molar-refractivity contribution is 1.17. The zero-order valence-electron chi connectivity index (χ0n) is 17.4. The summed E-state index contributed by atoms with van der Waals surface area (Å²) >= 11 is 1.71. The van der Waals surface area contributed by atoms with Crippen LogP contribution in [0.1, 0.15) is 0 Å². The Morgan fingerprint density at radius 2 is 0.938 bits per heavy atom. The topological polar surface area (TPSA) is 17.3 Å². The summed E-state index contributed by atoms with van der Waals surface area (Å²) in [5, 5.41) is 7.31. The molecule has 5 aromatic rings. The van der Waals surface area contributed by atoms with E-state index in [4.69, 9.17) is 4.76 Å². The van der Waals surface area contributed by atoms with Crippen molar-refractivity contribution >= 4 is 48.7 Å². The van der Waals surface area contributed by atoms with Gasteiger partial charge in [0.2, 0.25) is 0 Å². The Hall–Kier alpha value is -2.83. The predicted octanol–water partition coefficient (Wildman–Crippen LogP) is 5.39. The molecule has 0 aliphatic heterocycles. The summed E-state index contributed by atoms with van der Waals surface area (Å²) in [6.07, 6.45) is 2.19. The number of nitrogens with zero attached hydrogens (tertiary/aromatic N) is 2. The maximum atomic E-state index is 5.39. The Morgan fingerprint density at radius 1 is 0.531 bits per heavy atom. The molecule has 1 aromatic heterocycles. The molecule has 1 heterocycles. The molecule has 0 spiro atoms. The molecular formula is C27H22N2P2S. The SMILES string of the molecule is c1ccc(P(/N=c2\sccn2P(c2ccccc2)c2ccccc2)c2ccccc2)cc1. The Balaban J connectivity index is 1.68. The van der Waals surface area contributed by atoms with Gasteiger partial charge in [-0.25, -0.2) is 4.76 Å². The molecule has 156 valence electrons. The van der Waals surface area contributed by atoms with Crippen LogP contribution in [0.25, 0.3) is 0 Å². The molecule has 0 unspecified atom stereocenters. The van der Waals surface area contributed by atoms with Crippen molar-refractivity contribution in [1.29, 1.82) is 0 Å². The van der Waals surface area contributed by atoms with Crippen molar-refractivity contribution in [2.75, 3.05) is 0 Å². The molecule has 0 aliphatic carbocycles. The quantitative estimate of drug-likeness (QED) is 0.297. The van der Waals surface area contributed by atoms with Crippen LogP contribution in [-0.4, -0.2) is 4.34 Å². The van der Waals surface area contributed by atoms with Crippen LogP contribution in [0.15, 0.2) is 138 Å². The average Bonchev–Trinajstić information content (AvgIpc) is 3.33. The van der Waals surface area contributed by atoms with Gasteiger partial charge in [-0.05, 0) is 0 Å². The highest BCUT2D eigenvalue weighted by atomic mass is 32.1. The molecule has 0 N–H and O–H groups in total. The number of aromatic nitrogens is 1. The fraction of sp³-hybridized carbons (Fsp3) is 0. The second kappa shape index (κ2) is 10.2. The lowest BCUT2D eigenvalue weighted by Crippen LogP contribution is -2.23. The monoisotopic (exact) mass is 468 g/mol. The molecule has 0 saturated heterocycles. The minimum atomic E-state index is -0.855. The van der Waals surface area contributed by atoms with Crippen molar-refractivity contribution in [2.24, 2.45) is 4.76 Å². The summed E-state index contributed by atoms with van der Waals surface area (Å²) in [6, 6.07) is 42.9. The van der Waals surface area contributed by atoms with Gasteiger partial charge in [0.15, 0.2) is 4.80 Å². The van der Waals surface area contributed by atoms with Crippen LogP contribution in [-0.2, 0) is 0 Å². The molecule has 0 fully saturated rings. The summed E-state index contributed by atoms with van der Waals surface area (Å²) in [5.41, 5.74) is 0. The van der Waals surface area contributed by atoms with Gasteiger partial charge in [-0.1, -0.05) is 121 Å². The first kappa shape index (κ1) is 21.0. The van der Waals surface area contributed by atoms with Gasteiger partial charge in [0, 0.05) is 32.8 Å². The number of benzene rings is 4. The number of hydrogen-bond acceptors (Lipinski definition) is 2. The third kappa shape index (κ3) is 4.66. The largest absolute Gasteiger partial charge is 0.294 e. The molecule has 2 nitrogen and oxygen atoms in total. The number of thiazole rings is 1. The van der Waals surface area contributed by atoms with Crippen LogP contribution in [0.5, 0.6) is 0 Å². The Kier molecular flexibility index (Phi) is 6.70. The van der Waals surface area contributed by atoms with Crippen LogP contribution < -0.4 is 26.0 Å². The summed E-state index contributed by atoms with van der Waals surface area (Å²) in [4.78, 5) is 1.06. The normalized spacial score (nSPS) is 11.9. The smallest absolute Gasteiger partial charge is 0.192 e. The molecule has 5 rings (SSSR count). The second-order valence-corrected chi connectivity index (χ2v) is 11.9. The molecule has 0 bridgehead atoms. The van der Waals surface area contributed by atoms with Crippen LogP contribution in [0, 0.1) is 0 Å². The van der Waals surface area contributed by atoms with Gasteiger partial charge in [-0.15, -0.1) is 11.3 Å². The third-order valence-electron chi connectivity index (χ3n) is 4.98. The van der Waals surface area contributed by atoms with E-state index in [-0.39, 0.29) is 0 Å². The first-order valence-electron chi connectivity index (χ1n) is 10.4. The van der Waals surface area contributed by atoms with Crippen molar-refractivity contribution in [3.63, 3.8) is 0 Å². The molecular weight excluding hydrogens is 446 g/mol. The van der Waals surface area contributed by atoms with E-state index in [1.807, 2.05) is 0 Å². The third-order valence-corrected chi connectivity index (χ3v) is 10.3. The maximum Gasteiger partial charge on any atom is 0.192 e. The van der Waals surface area contributed by atoms with Gasteiger partial charge in [0.25, 0.3) is 0 Å². The van der Waals surface area contributed by atoms with Crippen LogP contribution >= 0.6 is 27.5 Å². The van der Waals surface area contributed by atoms with Crippen LogP contribution in [0.2, 0.25) is 0 Å². The molecule has 32 heavy (non-hydrogen) atoms. The van der Waals surface area contributed by atoms with E-state index < -0.39 is 16.1 Å². The molecule has 0 amide bonds. The first-order chi connectivity index (χ1) is 15.9. The minimum Gasteiger partial charge on any atom is -0.294 e. The van der Waals surface area contributed by atoms with Gasteiger partial charge in [0.1, 0.15) is 0 Å². The van der Waals surface area contributed by atoms with Gasteiger partial charge in [-0.3, -0.25) is 4.34 Å². The standard InChI is InChI=1S/C27H22N2P2S/c1-5-13-23(14-6-1)30(24-15-7-2-8-16-24)28-27-29(21-22-32-27)31(25-17-9-3-10-18-25)26-19-11-4-12-20-26/h1-22H/b28-27-. The number of hydrogen-bond donors (Lipinski definition) is 0. The lowest BCUT2D eigenvalue weighted by Gasteiger charge is -2.20. The molecule has 4 aromatic carbocycles. The zero-order chi connectivity index (χ0) is 21.6. The highest BCUT2D eigenvalue weighted by molar-refractivity contribution is 7.72. The summed E-state index contributed by atoms with van der Waals surface area (Å²) < 4.78 is 7.77.